The number of benzene rings is 1. The normalized spacial score (nSPS) is 12.4. The molecule has 0 amide bonds. The molecule has 6 heteroatoms. The highest BCUT2D eigenvalue weighted by molar-refractivity contribution is 6.33. The van der Waals surface area contributed by atoms with Crippen LogP contribution in [0.4, 0.5) is 0 Å². The Balaban J connectivity index is 2.76. The molecule has 1 rings (SSSR count). The number of ether oxygens (including phenoxy) is 1. The zero-order chi connectivity index (χ0) is 15.1. The predicted molar refractivity (Wildman–Crippen MR) is 79.5 cm³/mol. The van der Waals surface area contributed by atoms with Gasteiger partial charge in [0.2, 0.25) is 0 Å². The summed E-state index contributed by atoms with van der Waals surface area (Å²) in [5.41, 5.74) is 0.724. The Hall–Kier alpha value is -1.39. The Kier molecular flexibility index (Phi) is 6.68. The number of hydrogen-bond acceptors (Lipinski definition) is 4. The lowest BCUT2D eigenvalue weighted by Crippen LogP contribution is -2.25. The van der Waals surface area contributed by atoms with Gasteiger partial charge in [0.15, 0.2) is 0 Å². The molecule has 1 aromatic rings. The molecular formula is C14H15Cl2NO3. The molecule has 0 saturated carbocycles. The fourth-order valence-corrected chi connectivity index (χ4v) is 1.86. The standard InChI is InChI=1S/C14H15Cl2NO3/c1-3-20-14(19)12(9(2)18)8-17-7-10-6-11(15)4-5-13(10)16/h4-6,8,12H,3,7H2,1-2H3/t12-/m1/s1. The molecule has 0 saturated heterocycles. The first kappa shape index (κ1) is 16.7. The Morgan fingerprint density at radius 2 is 2.10 bits per heavy atom. The van der Waals surface area contributed by atoms with Gasteiger partial charge < -0.3 is 4.74 Å². The van der Waals surface area contributed by atoms with Crippen LogP contribution in [0.2, 0.25) is 10.0 Å². The van der Waals surface area contributed by atoms with Crippen LogP contribution in [0, 0.1) is 5.92 Å². The van der Waals surface area contributed by atoms with Crippen molar-refractivity contribution in [1.82, 2.24) is 0 Å². The van der Waals surface area contributed by atoms with E-state index in [2.05, 4.69) is 4.99 Å². The van der Waals surface area contributed by atoms with Crippen molar-refractivity contribution in [3.63, 3.8) is 0 Å². The van der Waals surface area contributed by atoms with Gasteiger partial charge in [0.05, 0.1) is 13.2 Å². The highest BCUT2D eigenvalue weighted by atomic mass is 35.5. The summed E-state index contributed by atoms with van der Waals surface area (Å²) < 4.78 is 4.81. The van der Waals surface area contributed by atoms with E-state index in [0.717, 1.165) is 5.56 Å². The monoisotopic (exact) mass is 315 g/mol. The second-order valence-electron chi connectivity index (χ2n) is 4.07. The number of carbonyl (C=O) groups is 2. The molecule has 0 unspecified atom stereocenters. The van der Waals surface area contributed by atoms with Crippen molar-refractivity contribution in [2.45, 2.75) is 20.4 Å². The minimum atomic E-state index is -0.979. The molecule has 4 nitrogen and oxygen atoms in total. The van der Waals surface area contributed by atoms with Gasteiger partial charge in [-0.2, -0.15) is 0 Å². The number of aliphatic imine (C=N–C) groups is 1. The van der Waals surface area contributed by atoms with Gasteiger partial charge in [-0.05, 0) is 37.6 Å². The third-order valence-electron chi connectivity index (χ3n) is 2.50. The number of carbonyl (C=O) groups excluding carboxylic acids is 2. The molecule has 0 aromatic heterocycles. The molecule has 1 aromatic carbocycles. The number of hydrogen-bond donors (Lipinski definition) is 0. The van der Waals surface area contributed by atoms with E-state index in [1.807, 2.05) is 0 Å². The molecule has 0 heterocycles. The molecule has 0 fully saturated rings. The van der Waals surface area contributed by atoms with Gasteiger partial charge in [0.1, 0.15) is 11.7 Å². The van der Waals surface area contributed by atoms with Crippen LogP contribution in [0.15, 0.2) is 23.2 Å². The molecule has 0 aliphatic heterocycles. The number of esters is 1. The number of rotatable bonds is 6. The summed E-state index contributed by atoms with van der Waals surface area (Å²) in [6, 6.07) is 5.03. The highest BCUT2D eigenvalue weighted by Crippen LogP contribution is 2.21. The van der Waals surface area contributed by atoms with Crippen molar-refractivity contribution >= 4 is 41.2 Å². The van der Waals surface area contributed by atoms with Crippen LogP contribution in [0.25, 0.3) is 0 Å². The van der Waals surface area contributed by atoms with Crippen molar-refractivity contribution in [3.05, 3.63) is 33.8 Å². The van der Waals surface area contributed by atoms with Crippen molar-refractivity contribution in [2.24, 2.45) is 10.9 Å². The largest absolute Gasteiger partial charge is 0.465 e. The van der Waals surface area contributed by atoms with Crippen LogP contribution < -0.4 is 0 Å². The topological polar surface area (TPSA) is 55.7 Å². The van der Waals surface area contributed by atoms with Gasteiger partial charge in [-0.15, -0.1) is 0 Å². The molecule has 0 radical (unpaired) electrons. The number of ketones is 1. The number of halogens is 2. The molecule has 0 aliphatic carbocycles. The summed E-state index contributed by atoms with van der Waals surface area (Å²) in [4.78, 5) is 27.0. The summed E-state index contributed by atoms with van der Waals surface area (Å²) in [5, 5.41) is 1.08. The minimum absolute atomic E-state index is 0.219. The average Bonchev–Trinajstić information content (AvgIpc) is 2.38. The third-order valence-corrected chi connectivity index (χ3v) is 3.11. The molecule has 0 N–H and O–H groups in total. The van der Waals surface area contributed by atoms with E-state index < -0.39 is 11.9 Å². The maximum atomic E-state index is 11.6. The van der Waals surface area contributed by atoms with Crippen LogP contribution in [-0.4, -0.2) is 24.6 Å². The molecule has 0 spiro atoms. The lowest BCUT2D eigenvalue weighted by Gasteiger charge is -2.07. The van der Waals surface area contributed by atoms with Crippen molar-refractivity contribution in [1.29, 1.82) is 0 Å². The van der Waals surface area contributed by atoms with E-state index in [1.54, 1.807) is 25.1 Å². The zero-order valence-corrected chi connectivity index (χ0v) is 12.7. The lowest BCUT2D eigenvalue weighted by atomic mass is 10.1. The fraction of sp³-hybridized carbons (Fsp3) is 0.357. The smallest absolute Gasteiger partial charge is 0.321 e. The van der Waals surface area contributed by atoms with Gasteiger partial charge in [-0.25, -0.2) is 0 Å². The summed E-state index contributed by atoms with van der Waals surface area (Å²) in [7, 11) is 0. The first-order chi connectivity index (χ1) is 9.45. The Morgan fingerprint density at radius 1 is 1.40 bits per heavy atom. The number of Topliss-reactive ketones (excluding diaryl/α,β-unsaturated/α-hetero) is 1. The molecule has 0 bridgehead atoms. The van der Waals surface area contributed by atoms with Crippen LogP contribution in [0.1, 0.15) is 19.4 Å². The Bertz CT molecular complexity index is 529. The van der Waals surface area contributed by atoms with Gasteiger partial charge >= 0.3 is 5.97 Å². The maximum absolute atomic E-state index is 11.6. The van der Waals surface area contributed by atoms with Crippen molar-refractivity contribution in [3.8, 4) is 0 Å². The number of nitrogens with zero attached hydrogens (tertiary/aromatic N) is 1. The van der Waals surface area contributed by atoms with Gasteiger partial charge in [0.25, 0.3) is 0 Å². The quantitative estimate of drug-likeness (QED) is 0.459. The second kappa shape index (κ2) is 8.02. The van der Waals surface area contributed by atoms with E-state index in [-0.39, 0.29) is 18.9 Å². The molecule has 20 heavy (non-hydrogen) atoms. The zero-order valence-electron chi connectivity index (χ0n) is 11.2. The van der Waals surface area contributed by atoms with Gasteiger partial charge in [-0.3, -0.25) is 14.6 Å². The Morgan fingerprint density at radius 3 is 2.70 bits per heavy atom. The van der Waals surface area contributed by atoms with Crippen LogP contribution in [0.3, 0.4) is 0 Å². The fourth-order valence-electron chi connectivity index (χ4n) is 1.48. The summed E-state index contributed by atoms with van der Waals surface area (Å²) >= 11 is 11.9. The van der Waals surface area contributed by atoms with Gasteiger partial charge in [0, 0.05) is 16.3 Å². The lowest BCUT2D eigenvalue weighted by molar-refractivity contribution is -0.148. The molecule has 108 valence electrons. The minimum Gasteiger partial charge on any atom is -0.465 e. The van der Waals surface area contributed by atoms with E-state index >= 15 is 0 Å². The molecule has 1 atom stereocenters. The van der Waals surface area contributed by atoms with Gasteiger partial charge in [-0.1, -0.05) is 23.2 Å². The highest BCUT2D eigenvalue weighted by Gasteiger charge is 2.22. The maximum Gasteiger partial charge on any atom is 0.321 e. The van der Waals surface area contributed by atoms with E-state index in [4.69, 9.17) is 27.9 Å². The third kappa shape index (κ3) is 4.94. The van der Waals surface area contributed by atoms with Crippen LogP contribution in [-0.2, 0) is 20.9 Å². The summed E-state index contributed by atoms with van der Waals surface area (Å²) in [6.45, 7) is 3.46. The first-order valence-corrected chi connectivity index (χ1v) is 6.82. The van der Waals surface area contributed by atoms with Crippen LogP contribution in [0.5, 0.6) is 0 Å². The van der Waals surface area contributed by atoms with Crippen molar-refractivity contribution < 1.29 is 14.3 Å². The summed E-state index contributed by atoms with van der Waals surface area (Å²) in [6.07, 6.45) is 1.29. The van der Waals surface area contributed by atoms with Crippen molar-refractivity contribution in [2.75, 3.05) is 6.61 Å². The predicted octanol–water partition coefficient (Wildman–Crippen LogP) is 3.33. The van der Waals surface area contributed by atoms with E-state index in [0.29, 0.717) is 10.0 Å². The summed E-state index contributed by atoms with van der Waals surface area (Å²) in [5.74, 6) is -1.89. The molecular weight excluding hydrogens is 301 g/mol. The van der Waals surface area contributed by atoms with E-state index in [9.17, 15) is 9.59 Å². The van der Waals surface area contributed by atoms with E-state index in [1.165, 1.54) is 13.1 Å². The SMILES string of the molecule is CCOC(=O)[C@H](C=NCc1cc(Cl)ccc1Cl)C(C)=O. The second-order valence-corrected chi connectivity index (χ2v) is 4.91. The first-order valence-electron chi connectivity index (χ1n) is 6.06. The van der Waals surface area contributed by atoms with Crippen LogP contribution >= 0.6 is 23.2 Å². The Labute approximate surface area is 127 Å². The average molecular weight is 316 g/mol. The molecule has 0 aliphatic rings.